The number of hydrogen-bond donors (Lipinski definition) is 3. The Balaban J connectivity index is 2.15. The molecule has 1 amide bonds. The number of pyridine rings is 1. The summed E-state index contributed by atoms with van der Waals surface area (Å²) in [5.74, 6) is 5.43. The molecule has 0 bridgehead atoms. The molecule has 1 unspecified atom stereocenters. The Hall–Kier alpha value is -2.11. The summed E-state index contributed by atoms with van der Waals surface area (Å²) in [4.78, 5) is 16.2. The molecule has 1 heterocycles. The molecule has 0 aliphatic carbocycles. The number of nitrogens with one attached hydrogen (secondary N) is 2. The van der Waals surface area contributed by atoms with E-state index in [1.807, 2.05) is 25.1 Å². The van der Waals surface area contributed by atoms with Crippen LogP contribution in [0, 0.1) is 0 Å². The minimum atomic E-state index is -0.251. The molecule has 20 heavy (non-hydrogen) atoms. The molecule has 104 valence electrons. The highest BCUT2D eigenvalue weighted by Gasteiger charge is 2.15. The van der Waals surface area contributed by atoms with E-state index in [1.165, 1.54) is 0 Å². The Kier molecular flexibility index (Phi) is 4.55. The van der Waals surface area contributed by atoms with Crippen molar-refractivity contribution >= 4 is 23.3 Å². The molecule has 6 heteroatoms. The standard InChI is InChI=1S/C14H15ClN4O/c1-9(10-4-2-5-11(15)8-10)18-14(20)12-6-3-7-17-13(12)19-16/h2-9H,16H2,1H3,(H,17,19)(H,18,20). The van der Waals surface area contributed by atoms with Crippen LogP contribution in [-0.4, -0.2) is 10.9 Å². The van der Waals surface area contributed by atoms with Gasteiger partial charge in [0.15, 0.2) is 5.82 Å². The predicted octanol–water partition coefficient (Wildman–Crippen LogP) is 2.51. The van der Waals surface area contributed by atoms with Gasteiger partial charge in [0.1, 0.15) is 0 Å². The van der Waals surface area contributed by atoms with Gasteiger partial charge in [-0.2, -0.15) is 0 Å². The van der Waals surface area contributed by atoms with Gasteiger partial charge in [0.2, 0.25) is 0 Å². The second kappa shape index (κ2) is 6.36. The van der Waals surface area contributed by atoms with Crippen molar-refractivity contribution in [3.8, 4) is 0 Å². The summed E-state index contributed by atoms with van der Waals surface area (Å²) < 4.78 is 0. The summed E-state index contributed by atoms with van der Waals surface area (Å²) in [5, 5.41) is 3.51. The van der Waals surface area contributed by atoms with Crippen LogP contribution in [0.5, 0.6) is 0 Å². The first-order valence-corrected chi connectivity index (χ1v) is 6.47. The van der Waals surface area contributed by atoms with E-state index in [4.69, 9.17) is 17.4 Å². The molecular formula is C14H15ClN4O. The van der Waals surface area contributed by atoms with E-state index in [9.17, 15) is 4.79 Å². The van der Waals surface area contributed by atoms with Crippen LogP contribution in [0.25, 0.3) is 0 Å². The number of halogens is 1. The molecule has 5 nitrogen and oxygen atoms in total. The normalized spacial score (nSPS) is 11.8. The Morgan fingerprint density at radius 3 is 2.85 bits per heavy atom. The fraction of sp³-hybridized carbons (Fsp3) is 0.143. The van der Waals surface area contributed by atoms with E-state index in [2.05, 4.69) is 15.7 Å². The molecule has 4 N–H and O–H groups in total. The van der Waals surface area contributed by atoms with Gasteiger partial charge in [-0.1, -0.05) is 23.7 Å². The van der Waals surface area contributed by atoms with Crippen LogP contribution in [-0.2, 0) is 0 Å². The topological polar surface area (TPSA) is 80.0 Å². The second-order valence-electron chi connectivity index (χ2n) is 4.29. The van der Waals surface area contributed by atoms with Crippen molar-refractivity contribution in [2.24, 2.45) is 5.84 Å². The minimum Gasteiger partial charge on any atom is -0.345 e. The van der Waals surface area contributed by atoms with Crippen LogP contribution in [0.15, 0.2) is 42.6 Å². The molecule has 0 saturated heterocycles. The average molecular weight is 291 g/mol. The summed E-state index contributed by atoms with van der Waals surface area (Å²) >= 11 is 5.94. The first-order valence-electron chi connectivity index (χ1n) is 6.09. The lowest BCUT2D eigenvalue weighted by Gasteiger charge is -2.15. The van der Waals surface area contributed by atoms with Gasteiger partial charge in [-0.3, -0.25) is 4.79 Å². The number of anilines is 1. The van der Waals surface area contributed by atoms with E-state index < -0.39 is 0 Å². The number of nitrogens with zero attached hydrogens (tertiary/aromatic N) is 1. The largest absolute Gasteiger partial charge is 0.345 e. The summed E-state index contributed by atoms with van der Waals surface area (Å²) in [6.07, 6.45) is 1.56. The molecule has 2 rings (SSSR count). The Morgan fingerprint density at radius 1 is 1.35 bits per heavy atom. The lowest BCUT2D eigenvalue weighted by Crippen LogP contribution is -2.28. The number of amides is 1. The van der Waals surface area contributed by atoms with Crippen LogP contribution in [0.3, 0.4) is 0 Å². The van der Waals surface area contributed by atoms with E-state index in [0.29, 0.717) is 16.4 Å². The summed E-state index contributed by atoms with van der Waals surface area (Å²) in [6, 6.07) is 10.5. The van der Waals surface area contributed by atoms with Gasteiger partial charge in [-0.05, 0) is 36.8 Å². The highest BCUT2D eigenvalue weighted by molar-refractivity contribution is 6.30. The molecular weight excluding hydrogens is 276 g/mol. The molecule has 2 aromatic rings. The first kappa shape index (κ1) is 14.3. The van der Waals surface area contributed by atoms with Crippen molar-refractivity contribution < 1.29 is 4.79 Å². The van der Waals surface area contributed by atoms with E-state index in [1.54, 1.807) is 24.4 Å². The number of benzene rings is 1. The maximum Gasteiger partial charge on any atom is 0.255 e. The van der Waals surface area contributed by atoms with Crippen LogP contribution in [0.4, 0.5) is 5.82 Å². The number of aromatic nitrogens is 1. The number of nitrogen functional groups attached to an aromatic ring is 1. The fourth-order valence-electron chi connectivity index (χ4n) is 1.84. The third-order valence-electron chi connectivity index (χ3n) is 2.89. The Morgan fingerprint density at radius 2 is 2.15 bits per heavy atom. The van der Waals surface area contributed by atoms with Crippen LogP contribution >= 0.6 is 11.6 Å². The zero-order valence-corrected chi connectivity index (χ0v) is 11.7. The summed E-state index contributed by atoms with van der Waals surface area (Å²) in [6.45, 7) is 1.88. The van der Waals surface area contributed by atoms with Crippen molar-refractivity contribution in [2.75, 3.05) is 5.43 Å². The van der Waals surface area contributed by atoms with Gasteiger partial charge >= 0.3 is 0 Å². The molecule has 1 aromatic heterocycles. The van der Waals surface area contributed by atoms with Crippen LogP contribution in [0.1, 0.15) is 28.9 Å². The number of hydrazine groups is 1. The molecule has 1 atom stereocenters. The molecule has 1 aromatic carbocycles. The lowest BCUT2D eigenvalue weighted by molar-refractivity contribution is 0.0940. The predicted molar refractivity (Wildman–Crippen MR) is 79.4 cm³/mol. The number of rotatable bonds is 4. The molecule has 0 aliphatic rings. The first-order chi connectivity index (χ1) is 9.61. The SMILES string of the molecule is CC(NC(=O)c1cccnc1NN)c1cccc(Cl)c1. The molecule has 0 radical (unpaired) electrons. The van der Waals surface area contributed by atoms with Gasteiger partial charge < -0.3 is 10.7 Å². The zero-order valence-electron chi connectivity index (χ0n) is 10.9. The quantitative estimate of drug-likeness (QED) is 0.597. The maximum absolute atomic E-state index is 12.2. The molecule has 0 fully saturated rings. The van der Waals surface area contributed by atoms with E-state index in [0.717, 1.165) is 5.56 Å². The maximum atomic E-state index is 12.2. The highest BCUT2D eigenvalue weighted by atomic mass is 35.5. The minimum absolute atomic E-state index is 0.174. The summed E-state index contributed by atoms with van der Waals surface area (Å²) in [7, 11) is 0. The van der Waals surface area contributed by atoms with E-state index >= 15 is 0 Å². The van der Waals surface area contributed by atoms with Crippen molar-refractivity contribution in [1.29, 1.82) is 0 Å². The Labute approximate surface area is 122 Å². The number of carbonyl (C=O) groups excluding carboxylic acids is 1. The number of carbonyl (C=O) groups is 1. The monoisotopic (exact) mass is 290 g/mol. The Bertz CT molecular complexity index is 618. The van der Waals surface area contributed by atoms with Gasteiger partial charge in [0.25, 0.3) is 5.91 Å². The van der Waals surface area contributed by atoms with Crippen LogP contribution in [0.2, 0.25) is 5.02 Å². The fourth-order valence-corrected chi connectivity index (χ4v) is 2.04. The van der Waals surface area contributed by atoms with E-state index in [-0.39, 0.29) is 11.9 Å². The van der Waals surface area contributed by atoms with Gasteiger partial charge in [0.05, 0.1) is 11.6 Å². The van der Waals surface area contributed by atoms with Crippen molar-refractivity contribution in [3.63, 3.8) is 0 Å². The highest BCUT2D eigenvalue weighted by Crippen LogP contribution is 2.18. The average Bonchev–Trinajstić information content (AvgIpc) is 2.47. The third kappa shape index (κ3) is 3.26. The smallest absolute Gasteiger partial charge is 0.255 e. The number of nitrogens with two attached hydrogens (primary N) is 1. The van der Waals surface area contributed by atoms with Crippen molar-refractivity contribution in [2.45, 2.75) is 13.0 Å². The third-order valence-corrected chi connectivity index (χ3v) is 3.12. The summed E-state index contributed by atoms with van der Waals surface area (Å²) in [5.41, 5.74) is 3.73. The van der Waals surface area contributed by atoms with Gasteiger partial charge in [0, 0.05) is 11.2 Å². The molecule has 0 aliphatic heterocycles. The van der Waals surface area contributed by atoms with Crippen LogP contribution < -0.4 is 16.6 Å². The molecule has 0 saturated carbocycles. The number of hydrogen-bond acceptors (Lipinski definition) is 4. The van der Waals surface area contributed by atoms with Crippen molar-refractivity contribution in [1.82, 2.24) is 10.3 Å². The zero-order chi connectivity index (χ0) is 14.5. The van der Waals surface area contributed by atoms with Gasteiger partial charge in [-0.25, -0.2) is 10.8 Å². The molecule has 0 spiro atoms. The van der Waals surface area contributed by atoms with Gasteiger partial charge in [-0.15, -0.1) is 0 Å². The second-order valence-corrected chi connectivity index (χ2v) is 4.73. The lowest BCUT2D eigenvalue weighted by atomic mass is 10.1. The van der Waals surface area contributed by atoms with Crippen molar-refractivity contribution in [3.05, 3.63) is 58.7 Å².